The Kier molecular flexibility index (Phi) is 4.20. The van der Waals surface area contributed by atoms with Crippen LogP contribution >= 0.6 is 0 Å². The summed E-state index contributed by atoms with van der Waals surface area (Å²) in [6.45, 7) is 6.67. The van der Waals surface area contributed by atoms with E-state index >= 15 is 0 Å². The molecule has 4 nitrogen and oxygen atoms in total. The number of likely N-dealkylation sites (N-methyl/N-ethyl adjacent to an activating group) is 2. The van der Waals surface area contributed by atoms with Gasteiger partial charge in [-0.2, -0.15) is 0 Å². The van der Waals surface area contributed by atoms with E-state index in [2.05, 4.69) is 36.1 Å². The van der Waals surface area contributed by atoms with Crippen LogP contribution in [0, 0.1) is 0 Å². The topological polar surface area (TPSA) is 31.6 Å². The lowest BCUT2D eigenvalue weighted by atomic mass is 10.1. The van der Waals surface area contributed by atoms with Crippen molar-refractivity contribution in [3.63, 3.8) is 0 Å². The van der Waals surface area contributed by atoms with Gasteiger partial charge in [-0.25, -0.2) is 0 Å². The number of nitrogens with one attached hydrogen (secondary N) is 1. The van der Waals surface area contributed by atoms with Gasteiger partial charge in [0.05, 0.1) is 12.5 Å². The Labute approximate surface area is 104 Å². The van der Waals surface area contributed by atoms with Gasteiger partial charge in [-0.15, -0.1) is 0 Å². The standard InChI is InChI=1S/C13H23N3O/c1-11(12-4-7-17-10-12)14-8-13-9-15(2)5-6-16(13)3/h4,7,10-11,13-14H,5-6,8-9H2,1-3H3. The van der Waals surface area contributed by atoms with Gasteiger partial charge in [0.1, 0.15) is 0 Å². The van der Waals surface area contributed by atoms with Gasteiger partial charge in [0, 0.05) is 43.8 Å². The number of piperazine rings is 1. The van der Waals surface area contributed by atoms with E-state index in [4.69, 9.17) is 4.42 Å². The number of rotatable bonds is 4. The molecule has 96 valence electrons. The monoisotopic (exact) mass is 237 g/mol. The second-order valence-electron chi connectivity index (χ2n) is 5.08. The Bertz CT molecular complexity index is 325. The average molecular weight is 237 g/mol. The Morgan fingerprint density at radius 3 is 3.00 bits per heavy atom. The molecule has 0 spiro atoms. The molecule has 1 aliphatic heterocycles. The second-order valence-corrected chi connectivity index (χ2v) is 5.08. The minimum Gasteiger partial charge on any atom is -0.472 e. The van der Waals surface area contributed by atoms with Crippen molar-refractivity contribution in [2.45, 2.75) is 19.0 Å². The van der Waals surface area contributed by atoms with Crippen molar-refractivity contribution in [2.24, 2.45) is 0 Å². The van der Waals surface area contributed by atoms with Crippen LogP contribution in [-0.4, -0.2) is 56.1 Å². The summed E-state index contributed by atoms with van der Waals surface area (Å²) in [6, 6.07) is 2.98. The maximum atomic E-state index is 5.11. The third-order valence-corrected chi connectivity index (χ3v) is 3.68. The zero-order chi connectivity index (χ0) is 12.3. The Morgan fingerprint density at radius 1 is 1.47 bits per heavy atom. The molecule has 2 atom stereocenters. The highest BCUT2D eigenvalue weighted by Crippen LogP contribution is 2.13. The van der Waals surface area contributed by atoms with Crippen LogP contribution in [0.1, 0.15) is 18.5 Å². The molecule has 0 bridgehead atoms. The molecule has 1 N–H and O–H groups in total. The first-order valence-electron chi connectivity index (χ1n) is 6.31. The van der Waals surface area contributed by atoms with Gasteiger partial charge in [-0.05, 0) is 27.1 Å². The highest BCUT2D eigenvalue weighted by Gasteiger charge is 2.22. The molecular formula is C13H23N3O. The van der Waals surface area contributed by atoms with Crippen LogP contribution in [0.25, 0.3) is 0 Å². The van der Waals surface area contributed by atoms with Crippen molar-refractivity contribution in [3.05, 3.63) is 24.2 Å². The molecule has 1 aromatic rings. The predicted molar refractivity (Wildman–Crippen MR) is 69.0 cm³/mol. The third kappa shape index (κ3) is 3.31. The molecule has 2 rings (SSSR count). The number of nitrogens with zero attached hydrogens (tertiary/aromatic N) is 2. The highest BCUT2D eigenvalue weighted by molar-refractivity contribution is 5.10. The van der Waals surface area contributed by atoms with Gasteiger partial charge >= 0.3 is 0 Å². The Hall–Kier alpha value is -0.840. The summed E-state index contributed by atoms with van der Waals surface area (Å²) in [5.74, 6) is 0. The SMILES string of the molecule is CC(NCC1CN(C)CCN1C)c1ccoc1. The highest BCUT2D eigenvalue weighted by atomic mass is 16.3. The molecule has 1 aliphatic rings. The number of furan rings is 1. The first-order chi connectivity index (χ1) is 8.16. The molecule has 0 saturated carbocycles. The lowest BCUT2D eigenvalue weighted by Crippen LogP contribution is -2.53. The second kappa shape index (κ2) is 5.67. The van der Waals surface area contributed by atoms with E-state index in [1.807, 2.05) is 12.3 Å². The van der Waals surface area contributed by atoms with Gasteiger partial charge in [-0.1, -0.05) is 0 Å². The lowest BCUT2D eigenvalue weighted by molar-refractivity contribution is 0.112. The van der Waals surface area contributed by atoms with E-state index in [0.29, 0.717) is 12.1 Å². The molecule has 2 heterocycles. The van der Waals surface area contributed by atoms with E-state index in [-0.39, 0.29) is 0 Å². The molecule has 1 fully saturated rings. The van der Waals surface area contributed by atoms with Crippen LogP contribution in [0.4, 0.5) is 0 Å². The van der Waals surface area contributed by atoms with E-state index in [9.17, 15) is 0 Å². The molecule has 17 heavy (non-hydrogen) atoms. The van der Waals surface area contributed by atoms with Crippen LogP contribution < -0.4 is 5.32 Å². The van der Waals surface area contributed by atoms with Crippen molar-refractivity contribution < 1.29 is 4.42 Å². The van der Waals surface area contributed by atoms with E-state index in [1.165, 1.54) is 12.1 Å². The summed E-state index contributed by atoms with van der Waals surface area (Å²) < 4.78 is 5.11. The number of hydrogen-bond acceptors (Lipinski definition) is 4. The largest absolute Gasteiger partial charge is 0.472 e. The van der Waals surface area contributed by atoms with Crippen molar-refractivity contribution in [2.75, 3.05) is 40.3 Å². The molecule has 0 aliphatic carbocycles. The summed E-state index contributed by atoms with van der Waals surface area (Å²) in [5.41, 5.74) is 1.22. The van der Waals surface area contributed by atoms with Crippen LogP contribution in [0.15, 0.2) is 23.0 Å². The van der Waals surface area contributed by atoms with Gasteiger partial charge in [0.25, 0.3) is 0 Å². The predicted octanol–water partition coefficient (Wildman–Crippen LogP) is 1.18. The van der Waals surface area contributed by atoms with Crippen molar-refractivity contribution >= 4 is 0 Å². The minimum atomic E-state index is 0.356. The molecule has 0 amide bonds. The quantitative estimate of drug-likeness (QED) is 0.852. The number of hydrogen-bond donors (Lipinski definition) is 1. The molecule has 2 unspecified atom stereocenters. The van der Waals surface area contributed by atoms with Crippen molar-refractivity contribution in [1.29, 1.82) is 0 Å². The maximum Gasteiger partial charge on any atom is 0.0950 e. The minimum absolute atomic E-state index is 0.356. The fourth-order valence-corrected chi connectivity index (χ4v) is 2.27. The smallest absolute Gasteiger partial charge is 0.0950 e. The van der Waals surface area contributed by atoms with Crippen LogP contribution in [0.2, 0.25) is 0 Å². The van der Waals surface area contributed by atoms with Gasteiger partial charge in [-0.3, -0.25) is 4.90 Å². The Balaban J connectivity index is 1.81. The summed E-state index contributed by atoms with van der Waals surface area (Å²) in [5, 5.41) is 3.58. The average Bonchev–Trinajstić information content (AvgIpc) is 2.83. The van der Waals surface area contributed by atoms with E-state index in [1.54, 1.807) is 6.26 Å². The molecule has 0 radical (unpaired) electrons. The van der Waals surface area contributed by atoms with Crippen LogP contribution in [0.5, 0.6) is 0 Å². The summed E-state index contributed by atoms with van der Waals surface area (Å²) >= 11 is 0. The summed E-state index contributed by atoms with van der Waals surface area (Å²) in [7, 11) is 4.40. The third-order valence-electron chi connectivity index (χ3n) is 3.68. The van der Waals surface area contributed by atoms with Crippen molar-refractivity contribution in [3.8, 4) is 0 Å². The Morgan fingerprint density at radius 2 is 2.29 bits per heavy atom. The normalized spacial score (nSPS) is 25.0. The zero-order valence-electron chi connectivity index (χ0n) is 11.0. The maximum absolute atomic E-state index is 5.11. The first-order valence-corrected chi connectivity index (χ1v) is 6.31. The molecular weight excluding hydrogens is 214 g/mol. The van der Waals surface area contributed by atoms with Crippen molar-refractivity contribution in [1.82, 2.24) is 15.1 Å². The van der Waals surface area contributed by atoms with Crippen LogP contribution in [-0.2, 0) is 0 Å². The molecule has 4 heteroatoms. The van der Waals surface area contributed by atoms with E-state index in [0.717, 1.165) is 19.6 Å². The molecule has 1 aromatic heterocycles. The fraction of sp³-hybridized carbons (Fsp3) is 0.692. The lowest BCUT2D eigenvalue weighted by Gasteiger charge is -2.38. The zero-order valence-corrected chi connectivity index (χ0v) is 11.0. The summed E-state index contributed by atoms with van der Waals surface area (Å²) in [6.07, 6.45) is 3.54. The van der Waals surface area contributed by atoms with Crippen LogP contribution in [0.3, 0.4) is 0 Å². The van der Waals surface area contributed by atoms with Gasteiger partial charge < -0.3 is 14.6 Å². The molecule has 1 saturated heterocycles. The van der Waals surface area contributed by atoms with E-state index < -0.39 is 0 Å². The fourth-order valence-electron chi connectivity index (χ4n) is 2.27. The van der Waals surface area contributed by atoms with Gasteiger partial charge in [0.15, 0.2) is 0 Å². The summed E-state index contributed by atoms with van der Waals surface area (Å²) in [4.78, 5) is 4.84. The first kappa shape index (κ1) is 12.6. The van der Waals surface area contributed by atoms with Gasteiger partial charge in [0.2, 0.25) is 0 Å². The molecule has 0 aromatic carbocycles.